The van der Waals surface area contributed by atoms with E-state index in [1.165, 1.54) is 14.0 Å². The summed E-state index contributed by atoms with van der Waals surface area (Å²) in [6.07, 6.45) is 0.361. The van der Waals surface area contributed by atoms with Crippen LogP contribution in [-0.4, -0.2) is 33.7 Å². The molecule has 0 amide bonds. The van der Waals surface area contributed by atoms with Gasteiger partial charge in [0.1, 0.15) is 9.71 Å². The standard InChI is InChI=1S/C13H14N2O6S/c1-6-8-10(22-9(6)12(18)19)14-13(20)15(11(8)17)5-3-4-7(16)21-2/h3-5H2,1-2H3,(H,14,20)(H,18,19). The maximum atomic E-state index is 12.4. The lowest BCUT2D eigenvalue weighted by Crippen LogP contribution is -2.35. The van der Waals surface area contributed by atoms with Crippen LogP contribution >= 0.6 is 11.3 Å². The number of esters is 1. The Morgan fingerprint density at radius 3 is 2.64 bits per heavy atom. The van der Waals surface area contributed by atoms with Gasteiger partial charge in [-0.3, -0.25) is 19.1 Å². The van der Waals surface area contributed by atoms with E-state index >= 15 is 0 Å². The van der Waals surface area contributed by atoms with E-state index in [0.29, 0.717) is 5.56 Å². The summed E-state index contributed by atoms with van der Waals surface area (Å²) in [7, 11) is 1.26. The average Bonchev–Trinajstić information content (AvgIpc) is 2.79. The summed E-state index contributed by atoms with van der Waals surface area (Å²) in [5.74, 6) is -1.57. The number of carboxylic acids is 1. The lowest BCUT2D eigenvalue weighted by molar-refractivity contribution is -0.140. The van der Waals surface area contributed by atoms with E-state index < -0.39 is 23.2 Å². The Morgan fingerprint density at radius 1 is 1.36 bits per heavy atom. The van der Waals surface area contributed by atoms with Crippen molar-refractivity contribution in [1.29, 1.82) is 0 Å². The van der Waals surface area contributed by atoms with Gasteiger partial charge in [-0.25, -0.2) is 9.59 Å². The Hall–Kier alpha value is -2.42. The zero-order valence-corrected chi connectivity index (χ0v) is 12.8. The highest BCUT2D eigenvalue weighted by Gasteiger charge is 2.19. The van der Waals surface area contributed by atoms with Crippen LogP contribution in [0.5, 0.6) is 0 Å². The fraction of sp³-hybridized carbons (Fsp3) is 0.385. The molecule has 8 nitrogen and oxygen atoms in total. The highest BCUT2D eigenvalue weighted by Crippen LogP contribution is 2.25. The maximum absolute atomic E-state index is 12.4. The van der Waals surface area contributed by atoms with E-state index in [-0.39, 0.29) is 34.5 Å². The van der Waals surface area contributed by atoms with E-state index in [2.05, 4.69) is 9.72 Å². The fourth-order valence-corrected chi connectivity index (χ4v) is 3.17. The molecule has 118 valence electrons. The number of aromatic nitrogens is 2. The molecule has 0 aliphatic rings. The number of methoxy groups -OCH3 is 1. The fourth-order valence-electron chi connectivity index (χ4n) is 2.14. The van der Waals surface area contributed by atoms with Crippen LogP contribution in [0.15, 0.2) is 9.59 Å². The van der Waals surface area contributed by atoms with Crippen molar-refractivity contribution in [2.24, 2.45) is 0 Å². The van der Waals surface area contributed by atoms with Crippen LogP contribution in [0.1, 0.15) is 28.1 Å². The minimum atomic E-state index is -1.14. The third-order valence-electron chi connectivity index (χ3n) is 3.26. The number of nitrogens with one attached hydrogen (secondary N) is 1. The van der Waals surface area contributed by atoms with Gasteiger partial charge < -0.3 is 9.84 Å². The van der Waals surface area contributed by atoms with Gasteiger partial charge in [0, 0.05) is 13.0 Å². The second kappa shape index (κ2) is 6.14. The predicted octanol–water partition coefficient (Wildman–Crippen LogP) is 0.711. The van der Waals surface area contributed by atoms with E-state index in [9.17, 15) is 19.2 Å². The number of hydrogen-bond donors (Lipinski definition) is 2. The molecule has 0 aromatic carbocycles. The number of thiophene rings is 1. The first-order valence-electron chi connectivity index (χ1n) is 6.43. The molecule has 2 aromatic heterocycles. The summed E-state index contributed by atoms with van der Waals surface area (Å²) in [5.41, 5.74) is -0.846. The number of fused-ring (bicyclic) bond motifs is 1. The minimum absolute atomic E-state index is 0.0232. The minimum Gasteiger partial charge on any atom is -0.477 e. The molecule has 9 heteroatoms. The SMILES string of the molecule is COC(=O)CCCn1c(=O)[nH]c2sc(C(=O)O)c(C)c2c1=O. The Balaban J connectivity index is 2.46. The summed E-state index contributed by atoms with van der Waals surface area (Å²) in [6, 6.07) is 0. The number of carbonyl (C=O) groups excluding carboxylic acids is 1. The summed E-state index contributed by atoms with van der Waals surface area (Å²) in [4.78, 5) is 49.3. The maximum Gasteiger partial charge on any atom is 0.346 e. The van der Waals surface area contributed by atoms with Crippen molar-refractivity contribution in [3.8, 4) is 0 Å². The number of aromatic carboxylic acids is 1. The van der Waals surface area contributed by atoms with Gasteiger partial charge >= 0.3 is 17.6 Å². The number of carboxylic acid groups (broad SMARTS) is 1. The first kappa shape index (κ1) is 16.0. The van der Waals surface area contributed by atoms with Crippen LogP contribution in [0.25, 0.3) is 10.2 Å². The molecule has 0 saturated heterocycles. The lowest BCUT2D eigenvalue weighted by atomic mass is 10.2. The molecule has 0 saturated carbocycles. The van der Waals surface area contributed by atoms with Crippen LogP contribution < -0.4 is 11.2 Å². The van der Waals surface area contributed by atoms with E-state index in [1.807, 2.05) is 0 Å². The number of hydrogen-bond acceptors (Lipinski definition) is 6. The summed E-state index contributed by atoms with van der Waals surface area (Å²) in [5, 5.41) is 9.28. The van der Waals surface area contributed by atoms with Gasteiger partial charge in [0.15, 0.2) is 0 Å². The van der Waals surface area contributed by atoms with Gasteiger partial charge in [0.05, 0.1) is 12.5 Å². The topological polar surface area (TPSA) is 118 Å². The van der Waals surface area contributed by atoms with E-state index in [0.717, 1.165) is 15.9 Å². The van der Waals surface area contributed by atoms with Crippen LogP contribution in [0, 0.1) is 6.92 Å². The predicted molar refractivity (Wildman–Crippen MR) is 79.7 cm³/mol. The Morgan fingerprint density at radius 2 is 2.05 bits per heavy atom. The average molecular weight is 326 g/mol. The lowest BCUT2D eigenvalue weighted by Gasteiger charge is -2.04. The molecule has 22 heavy (non-hydrogen) atoms. The number of rotatable bonds is 5. The van der Waals surface area contributed by atoms with Crippen molar-refractivity contribution in [2.45, 2.75) is 26.3 Å². The Labute approximate surface area is 128 Å². The van der Waals surface area contributed by atoms with Crippen LogP contribution in [0.4, 0.5) is 0 Å². The zero-order chi connectivity index (χ0) is 16.4. The Kier molecular flexibility index (Phi) is 4.45. The summed E-state index contributed by atoms with van der Waals surface area (Å²) in [6.45, 7) is 1.58. The van der Waals surface area contributed by atoms with Crippen molar-refractivity contribution in [3.63, 3.8) is 0 Å². The molecule has 0 fully saturated rings. The Bertz CT molecular complexity index is 860. The third kappa shape index (κ3) is 2.80. The molecule has 2 rings (SSSR count). The second-order valence-corrected chi connectivity index (χ2v) is 5.65. The molecule has 0 bridgehead atoms. The number of H-pyrrole nitrogens is 1. The first-order chi connectivity index (χ1) is 10.4. The van der Waals surface area contributed by atoms with Gasteiger partial charge in [-0.1, -0.05) is 0 Å². The molecule has 0 aliphatic heterocycles. The molecule has 0 radical (unpaired) electrons. The smallest absolute Gasteiger partial charge is 0.346 e. The molecular weight excluding hydrogens is 312 g/mol. The van der Waals surface area contributed by atoms with Crippen molar-refractivity contribution < 1.29 is 19.4 Å². The van der Waals surface area contributed by atoms with Crippen molar-refractivity contribution in [1.82, 2.24) is 9.55 Å². The normalized spacial score (nSPS) is 10.8. The number of nitrogens with zero attached hydrogens (tertiary/aromatic N) is 1. The van der Waals surface area contributed by atoms with E-state index in [4.69, 9.17) is 5.11 Å². The number of carbonyl (C=O) groups is 2. The van der Waals surface area contributed by atoms with E-state index in [1.54, 1.807) is 0 Å². The van der Waals surface area contributed by atoms with Crippen molar-refractivity contribution in [3.05, 3.63) is 31.3 Å². The molecule has 2 aromatic rings. The third-order valence-corrected chi connectivity index (χ3v) is 4.45. The molecule has 2 N–H and O–H groups in total. The van der Waals surface area contributed by atoms with Gasteiger partial charge in [-0.05, 0) is 18.9 Å². The van der Waals surface area contributed by atoms with Crippen LogP contribution in [-0.2, 0) is 16.1 Å². The van der Waals surface area contributed by atoms with Crippen molar-refractivity contribution in [2.75, 3.05) is 7.11 Å². The van der Waals surface area contributed by atoms with Crippen molar-refractivity contribution >= 4 is 33.5 Å². The summed E-state index contributed by atoms with van der Waals surface area (Å²) >= 11 is 0.859. The molecule has 0 spiro atoms. The molecule has 2 heterocycles. The van der Waals surface area contributed by atoms with Crippen LogP contribution in [0.3, 0.4) is 0 Å². The summed E-state index contributed by atoms with van der Waals surface area (Å²) < 4.78 is 5.46. The molecule has 0 atom stereocenters. The number of aryl methyl sites for hydroxylation is 1. The quantitative estimate of drug-likeness (QED) is 0.781. The molecule has 0 unspecified atom stereocenters. The van der Waals surface area contributed by atoms with Gasteiger partial charge in [-0.2, -0.15) is 0 Å². The van der Waals surface area contributed by atoms with Crippen LogP contribution in [0.2, 0.25) is 0 Å². The number of aromatic amines is 1. The molecular formula is C13H14N2O6S. The highest BCUT2D eigenvalue weighted by molar-refractivity contribution is 7.20. The monoisotopic (exact) mass is 326 g/mol. The molecule has 0 aliphatic carbocycles. The van der Waals surface area contributed by atoms with Gasteiger partial charge in [-0.15, -0.1) is 11.3 Å². The first-order valence-corrected chi connectivity index (χ1v) is 7.24. The zero-order valence-electron chi connectivity index (χ0n) is 12.0. The van der Waals surface area contributed by atoms with Gasteiger partial charge in [0.2, 0.25) is 0 Å². The van der Waals surface area contributed by atoms with Gasteiger partial charge in [0.25, 0.3) is 5.56 Å². The largest absolute Gasteiger partial charge is 0.477 e. The number of ether oxygens (including phenoxy) is 1. The second-order valence-electron chi connectivity index (χ2n) is 4.63. The highest BCUT2D eigenvalue weighted by atomic mass is 32.1.